The van der Waals surface area contributed by atoms with Crippen molar-refractivity contribution in [3.63, 3.8) is 0 Å². The van der Waals surface area contributed by atoms with Crippen molar-refractivity contribution in [3.05, 3.63) is 62.1 Å². The molecule has 1 saturated heterocycles. The fourth-order valence-electron chi connectivity index (χ4n) is 3.90. The lowest BCUT2D eigenvalue weighted by atomic mass is 9.75. The topological polar surface area (TPSA) is 98.2 Å². The van der Waals surface area contributed by atoms with Crippen LogP contribution in [0.4, 0.5) is 0 Å². The van der Waals surface area contributed by atoms with Crippen molar-refractivity contribution in [3.8, 4) is 6.07 Å². The molecule has 0 amide bonds. The van der Waals surface area contributed by atoms with E-state index in [1.54, 1.807) is 12.3 Å². The summed E-state index contributed by atoms with van der Waals surface area (Å²) in [5.74, 6) is -1.22. The summed E-state index contributed by atoms with van der Waals surface area (Å²) in [4.78, 5) is 30.7. The highest BCUT2D eigenvalue weighted by Gasteiger charge is 2.38. The minimum Gasteiger partial charge on any atom is -0.477 e. The van der Waals surface area contributed by atoms with Crippen LogP contribution in [0.3, 0.4) is 0 Å². The summed E-state index contributed by atoms with van der Waals surface area (Å²) in [5, 5.41) is 19.3. The molecule has 2 aliphatic heterocycles. The summed E-state index contributed by atoms with van der Waals surface area (Å²) in [5.41, 5.74) is 1.04. The Morgan fingerprint density at radius 2 is 2.14 bits per heavy atom. The zero-order valence-electron chi connectivity index (χ0n) is 15.6. The number of allylic oxidation sites excluding steroid dienone is 1. The highest BCUT2D eigenvalue weighted by atomic mass is 127. The van der Waals surface area contributed by atoms with Gasteiger partial charge in [0.15, 0.2) is 0 Å². The maximum absolute atomic E-state index is 12.4. The van der Waals surface area contributed by atoms with Crippen LogP contribution in [0.15, 0.2) is 50.4 Å². The Balaban J connectivity index is 1.60. The van der Waals surface area contributed by atoms with Crippen molar-refractivity contribution in [2.75, 3.05) is 13.1 Å². The van der Waals surface area contributed by atoms with Gasteiger partial charge in [-0.3, -0.25) is 19.1 Å². The number of aromatic carboxylic acids is 1. The van der Waals surface area contributed by atoms with E-state index < -0.39 is 16.9 Å². The number of carboxylic acids is 1. The number of nitriles is 1. The summed E-state index contributed by atoms with van der Waals surface area (Å²) in [6.45, 7) is 1.93. The Hall–Kier alpha value is -2.64. The number of piperidine rings is 1. The molecule has 0 spiro atoms. The van der Waals surface area contributed by atoms with Crippen LogP contribution >= 0.6 is 20.7 Å². The van der Waals surface area contributed by atoms with E-state index in [0.29, 0.717) is 38.0 Å². The molecule has 8 heteroatoms. The summed E-state index contributed by atoms with van der Waals surface area (Å²) < 4.78 is 5.47. The number of likely N-dealkylation sites (tertiary alicyclic amines) is 1. The van der Waals surface area contributed by atoms with Gasteiger partial charge in [0.05, 0.1) is 21.4 Å². The molecule has 4 heterocycles. The number of nitrogens with zero attached hydrogens (tertiary/aromatic N) is 4. The highest BCUT2D eigenvalue weighted by Crippen LogP contribution is 2.35. The second-order valence-electron chi connectivity index (χ2n) is 7.15. The molecule has 1 fully saturated rings. The van der Waals surface area contributed by atoms with Crippen molar-refractivity contribution in [1.82, 2.24) is 9.30 Å². The first-order valence-electron chi connectivity index (χ1n) is 9.23. The minimum absolute atomic E-state index is 0.124. The molecule has 1 N–H and O–H groups in total. The van der Waals surface area contributed by atoms with Gasteiger partial charge in [0.1, 0.15) is 11.0 Å². The van der Waals surface area contributed by atoms with Gasteiger partial charge < -0.3 is 5.11 Å². The van der Waals surface area contributed by atoms with Gasteiger partial charge in [0, 0.05) is 25.8 Å². The van der Waals surface area contributed by atoms with Crippen molar-refractivity contribution in [2.24, 2.45) is 10.4 Å². The van der Waals surface area contributed by atoms with Crippen LogP contribution in [-0.2, 0) is 6.54 Å². The Bertz CT molecular complexity index is 1160. The molecule has 0 aliphatic carbocycles. The molecular weight excluding hydrogens is 483 g/mol. The Morgan fingerprint density at radius 3 is 2.79 bits per heavy atom. The quantitative estimate of drug-likeness (QED) is 0.649. The predicted octanol–water partition coefficient (Wildman–Crippen LogP) is 2.80. The van der Waals surface area contributed by atoms with Crippen LogP contribution in [0.5, 0.6) is 0 Å². The number of hydrogen-bond donors (Lipinski definition) is 1. The van der Waals surface area contributed by atoms with Gasteiger partial charge in [0.25, 0.3) is 5.56 Å². The standard InChI is InChI=1S/C21H19IN4O3/c23-13-21(18-4-7-22-14-24-18)5-9-25(10-6-21)12-15-11-16(20(28)29)19(27)26-8-2-1-3-17(15)26/h1-4,7-8,11,14H,5-6,9-10,12H2,(H,28,29). The molecule has 2 aromatic heterocycles. The second kappa shape index (κ2) is 8.00. The van der Waals surface area contributed by atoms with E-state index in [1.807, 2.05) is 22.3 Å². The van der Waals surface area contributed by atoms with Gasteiger partial charge in [-0.1, -0.05) is 26.8 Å². The maximum Gasteiger partial charge on any atom is 0.341 e. The number of aliphatic imine (C=N–C) groups is 1. The lowest BCUT2D eigenvalue weighted by molar-refractivity contribution is 0.0694. The van der Waals surface area contributed by atoms with Crippen molar-refractivity contribution in [2.45, 2.75) is 19.4 Å². The molecule has 29 heavy (non-hydrogen) atoms. The van der Waals surface area contributed by atoms with Crippen LogP contribution < -0.4 is 5.56 Å². The average molecular weight is 502 g/mol. The average Bonchev–Trinajstić information content (AvgIpc) is 2.77. The fourth-order valence-corrected chi connectivity index (χ4v) is 5.09. The Morgan fingerprint density at radius 1 is 1.34 bits per heavy atom. The van der Waals surface area contributed by atoms with Gasteiger partial charge in [-0.2, -0.15) is 5.26 Å². The van der Waals surface area contributed by atoms with E-state index in [2.05, 4.69) is 20.0 Å². The third-order valence-electron chi connectivity index (χ3n) is 5.53. The van der Waals surface area contributed by atoms with Crippen molar-refractivity contribution >= 4 is 42.1 Å². The number of pyridine rings is 2. The summed E-state index contributed by atoms with van der Waals surface area (Å²) in [7, 11) is 0. The fraction of sp³-hybridized carbons (Fsp3) is 0.286. The monoisotopic (exact) mass is 502 g/mol. The first-order valence-corrected chi connectivity index (χ1v) is 11.7. The number of aromatic nitrogens is 1. The van der Waals surface area contributed by atoms with E-state index in [9.17, 15) is 20.0 Å². The van der Waals surface area contributed by atoms with Crippen LogP contribution in [0.1, 0.15) is 28.8 Å². The van der Waals surface area contributed by atoms with Gasteiger partial charge in [-0.25, -0.2) is 4.79 Å². The van der Waals surface area contributed by atoms with Gasteiger partial charge in [-0.15, -0.1) is 0 Å². The summed E-state index contributed by atoms with van der Waals surface area (Å²) >= 11 is -0.124. The van der Waals surface area contributed by atoms with E-state index in [4.69, 9.17) is 0 Å². The summed E-state index contributed by atoms with van der Waals surface area (Å²) in [6, 6.07) is 9.35. The number of fused-ring (bicyclic) bond motifs is 1. The molecular formula is C21H19IN4O3. The Labute approximate surface area is 177 Å². The van der Waals surface area contributed by atoms with Crippen molar-refractivity contribution in [1.29, 1.82) is 5.26 Å². The SMILES string of the molecule is N#CC1(C2=NC=IC=C2)CCN(Cc2cc(C(=O)O)c(=O)n3ccccc23)CC1. The van der Waals surface area contributed by atoms with Crippen LogP contribution in [0.2, 0.25) is 0 Å². The number of carboxylic acid groups (broad SMARTS) is 1. The number of hydrogen-bond acceptors (Lipinski definition) is 5. The van der Waals surface area contributed by atoms with E-state index in [-0.39, 0.29) is 26.3 Å². The highest BCUT2D eigenvalue weighted by molar-refractivity contribution is 14.2. The van der Waals surface area contributed by atoms with Gasteiger partial charge >= 0.3 is 5.97 Å². The first kappa shape index (κ1) is 19.7. The largest absolute Gasteiger partial charge is 0.477 e. The first-order chi connectivity index (χ1) is 14.0. The second-order valence-corrected chi connectivity index (χ2v) is 9.15. The lowest BCUT2D eigenvalue weighted by Gasteiger charge is -2.37. The smallest absolute Gasteiger partial charge is 0.341 e. The molecule has 0 unspecified atom stereocenters. The molecule has 2 aromatic rings. The number of rotatable bonds is 4. The maximum atomic E-state index is 12.4. The molecule has 0 radical (unpaired) electrons. The van der Waals surface area contributed by atoms with E-state index in [0.717, 1.165) is 11.3 Å². The van der Waals surface area contributed by atoms with Crippen LogP contribution in [0, 0.1) is 16.7 Å². The molecule has 0 saturated carbocycles. The van der Waals surface area contributed by atoms with E-state index >= 15 is 0 Å². The Kier molecular flexibility index (Phi) is 5.43. The molecule has 2 aliphatic rings. The molecule has 4 rings (SSSR count). The molecule has 148 valence electrons. The lowest BCUT2D eigenvalue weighted by Crippen LogP contribution is -2.43. The van der Waals surface area contributed by atoms with Gasteiger partial charge in [0.2, 0.25) is 0 Å². The zero-order valence-corrected chi connectivity index (χ0v) is 17.7. The third kappa shape index (κ3) is 3.68. The number of halogens is 1. The predicted molar refractivity (Wildman–Crippen MR) is 120 cm³/mol. The number of carbonyl (C=O) groups is 1. The minimum atomic E-state index is -1.22. The summed E-state index contributed by atoms with van der Waals surface area (Å²) in [6.07, 6.45) is 4.95. The normalized spacial score (nSPS) is 18.7. The molecule has 7 nitrogen and oxygen atoms in total. The van der Waals surface area contributed by atoms with Crippen LogP contribution in [0.25, 0.3) is 5.52 Å². The molecule has 0 bridgehead atoms. The van der Waals surface area contributed by atoms with E-state index in [1.165, 1.54) is 10.5 Å². The molecule has 0 atom stereocenters. The molecule has 0 aromatic carbocycles. The third-order valence-corrected chi connectivity index (χ3v) is 6.91. The van der Waals surface area contributed by atoms with Crippen molar-refractivity contribution < 1.29 is 9.90 Å². The zero-order chi connectivity index (χ0) is 20.4. The van der Waals surface area contributed by atoms with Crippen LogP contribution in [-0.4, -0.2) is 43.3 Å². The van der Waals surface area contributed by atoms with Gasteiger partial charge in [-0.05, 0) is 46.8 Å².